The van der Waals surface area contributed by atoms with Gasteiger partial charge < -0.3 is 10.4 Å². The molecule has 1 rings (SSSR count). The van der Waals surface area contributed by atoms with Crippen molar-refractivity contribution < 1.29 is 9.90 Å². The summed E-state index contributed by atoms with van der Waals surface area (Å²) < 4.78 is 0. The van der Waals surface area contributed by atoms with E-state index in [4.69, 9.17) is 10.4 Å². The van der Waals surface area contributed by atoms with Gasteiger partial charge in [-0.15, -0.1) is 0 Å². The zero-order chi connectivity index (χ0) is 13.4. The van der Waals surface area contributed by atoms with Crippen LogP contribution in [0.3, 0.4) is 0 Å². The van der Waals surface area contributed by atoms with Gasteiger partial charge in [0.05, 0.1) is 11.6 Å². The van der Waals surface area contributed by atoms with Crippen LogP contribution in [0.4, 0.5) is 0 Å². The van der Waals surface area contributed by atoms with E-state index in [2.05, 4.69) is 5.32 Å². The molecule has 94 valence electrons. The predicted octanol–water partition coefficient (Wildman–Crippen LogP) is 1.46. The van der Waals surface area contributed by atoms with E-state index >= 15 is 0 Å². The van der Waals surface area contributed by atoms with Crippen LogP contribution in [0, 0.1) is 11.3 Å². The highest BCUT2D eigenvalue weighted by molar-refractivity contribution is 5.91. The Morgan fingerprint density at radius 1 is 1.61 bits per heavy atom. The normalized spacial score (nSPS) is 12.1. The average molecular weight is 244 g/mol. The summed E-state index contributed by atoms with van der Waals surface area (Å²) >= 11 is 0. The van der Waals surface area contributed by atoms with E-state index in [0.717, 1.165) is 5.56 Å². The van der Waals surface area contributed by atoms with Crippen molar-refractivity contribution in [1.29, 1.82) is 5.26 Å². The third kappa shape index (κ3) is 4.81. The Hall–Kier alpha value is -2.12. The number of hydrogen-bond donors (Lipinski definition) is 2. The van der Waals surface area contributed by atoms with Crippen molar-refractivity contribution >= 4 is 12.0 Å². The smallest absolute Gasteiger partial charge is 0.244 e. The summed E-state index contributed by atoms with van der Waals surface area (Å²) in [5.74, 6) is -0.210. The number of nitrogens with one attached hydrogen (secondary N) is 1. The van der Waals surface area contributed by atoms with E-state index < -0.39 is 0 Å². The van der Waals surface area contributed by atoms with E-state index in [1.165, 1.54) is 6.08 Å². The van der Waals surface area contributed by atoms with Gasteiger partial charge in [-0.1, -0.05) is 12.1 Å². The maximum absolute atomic E-state index is 11.5. The van der Waals surface area contributed by atoms with Crippen molar-refractivity contribution in [3.05, 3.63) is 41.5 Å². The van der Waals surface area contributed by atoms with Crippen LogP contribution < -0.4 is 5.32 Å². The fourth-order valence-corrected chi connectivity index (χ4v) is 1.44. The maximum atomic E-state index is 11.5. The van der Waals surface area contributed by atoms with Crippen LogP contribution in [-0.4, -0.2) is 23.7 Å². The number of rotatable bonds is 5. The minimum Gasteiger partial charge on any atom is -0.396 e. The number of benzene rings is 1. The van der Waals surface area contributed by atoms with Gasteiger partial charge in [0.25, 0.3) is 0 Å². The van der Waals surface area contributed by atoms with Crippen molar-refractivity contribution in [3.63, 3.8) is 0 Å². The van der Waals surface area contributed by atoms with Gasteiger partial charge in [0.15, 0.2) is 0 Å². The number of hydrogen-bond acceptors (Lipinski definition) is 3. The molecular formula is C14H16N2O2. The van der Waals surface area contributed by atoms with Crippen LogP contribution in [0.25, 0.3) is 6.08 Å². The molecule has 18 heavy (non-hydrogen) atoms. The largest absolute Gasteiger partial charge is 0.396 e. The molecule has 4 heteroatoms. The molecule has 0 aromatic heterocycles. The lowest BCUT2D eigenvalue weighted by Gasteiger charge is -2.09. The highest BCUT2D eigenvalue weighted by atomic mass is 16.3. The monoisotopic (exact) mass is 244 g/mol. The summed E-state index contributed by atoms with van der Waals surface area (Å²) in [4.78, 5) is 11.5. The second-order valence-electron chi connectivity index (χ2n) is 3.99. The third-order valence-corrected chi connectivity index (χ3v) is 2.39. The number of nitrogens with zero attached hydrogens (tertiary/aromatic N) is 1. The van der Waals surface area contributed by atoms with Crippen LogP contribution in [0.5, 0.6) is 0 Å². The van der Waals surface area contributed by atoms with Gasteiger partial charge in [-0.05, 0) is 37.1 Å². The molecule has 0 spiro atoms. The van der Waals surface area contributed by atoms with Crippen LogP contribution >= 0.6 is 0 Å². The summed E-state index contributed by atoms with van der Waals surface area (Å²) in [6, 6.07) is 8.99. The van der Waals surface area contributed by atoms with Gasteiger partial charge in [-0.2, -0.15) is 5.26 Å². The second-order valence-corrected chi connectivity index (χ2v) is 3.99. The number of aliphatic hydroxyl groups is 1. The molecule has 0 aliphatic rings. The maximum Gasteiger partial charge on any atom is 0.244 e. The lowest BCUT2D eigenvalue weighted by molar-refractivity contribution is -0.117. The lowest BCUT2D eigenvalue weighted by Crippen LogP contribution is -2.31. The molecule has 1 atom stereocenters. The Kier molecular flexibility index (Phi) is 5.62. The summed E-state index contributed by atoms with van der Waals surface area (Å²) in [7, 11) is 0. The van der Waals surface area contributed by atoms with Crippen molar-refractivity contribution in [3.8, 4) is 6.07 Å². The molecule has 0 bridgehead atoms. The van der Waals surface area contributed by atoms with Crippen molar-refractivity contribution in [1.82, 2.24) is 5.32 Å². The number of amides is 1. The predicted molar refractivity (Wildman–Crippen MR) is 69.5 cm³/mol. The van der Waals surface area contributed by atoms with E-state index in [1.54, 1.807) is 24.3 Å². The minimum absolute atomic E-state index is 0.0510. The molecule has 0 saturated carbocycles. The molecule has 1 aromatic rings. The average Bonchev–Trinajstić information content (AvgIpc) is 2.37. The number of carbonyl (C=O) groups is 1. The van der Waals surface area contributed by atoms with Gasteiger partial charge in [0.1, 0.15) is 0 Å². The molecule has 1 aromatic carbocycles. The molecule has 0 aliphatic heterocycles. The molecule has 0 aliphatic carbocycles. The van der Waals surface area contributed by atoms with Crippen LogP contribution in [-0.2, 0) is 4.79 Å². The third-order valence-electron chi connectivity index (χ3n) is 2.39. The van der Waals surface area contributed by atoms with Crippen molar-refractivity contribution in [2.24, 2.45) is 0 Å². The first kappa shape index (κ1) is 13.9. The number of aliphatic hydroxyl groups excluding tert-OH is 1. The second kappa shape index (κ2) is 7.25. The van der Waals surface area contributed by atoms with Crippen molar-refractivity contribution in [2.75, 3.05) is 6.61 Å². The first-order valence-corrected chi connectivity index (χ1v) is 5.75. The molecule has 0 radical (unpaired) electrons. The van der Waals surface area contributed by atoms with Crippen LogP contribution in [0.15, 0.2) is 30.3 Å². The Balaban J connectivity index is 2.58. The van der Waals surface area contributed by atoms with Crippen molar-refractivity contribution in [2.45, 2.75) is 19.4 Å². The Labute approximate surface area is 107 Å². The van der Waals surface area contributed by atoms with E-state index in [0.29, 0.717) is 12.0 Å². The standard InChI is InChI=1S/C14H16N2O2/c1-11(7-8-17)16-14(18)6-5-12-3-2-4-13(9-12)10-15/h2-6,9,11,17H,7-8H2,1H3,(H,16,18)/b6-5+. The zero-order valence-electron chi connectivity index (χ0n) is 10.3. The molecule has 4 nitrogen and oxygen atoms in total. The zero-order valence-corrected chi connectivity index (χ0v) is 10.3. The molecule has 1 amide bonds. The topological polar surface area (TPSA) is 73.1 Å². The molecule has 1 unspecified atom stereocenters. The first-order valence-electron chi connectivity index (χ1n) is 5.75. The quantitative estimate of drug-likeness (QED) is 0.770. The van der Waals surface area contributed by atoms with E-state index in [1.807, 2.05) is 19.1 Å². The Bertz CT molecular complexity index is 475. The summed E-state index contributed by atoms with van der Waals surface area (Å²) in [6.45, 7) is 1.88. The van der Waals surface area contributed by atoms with Gasteiger partial charge in [0.2, 0.25) is 5.91 Å². The van der Waals surface area contributed by atoms with Gasteiger partial charge in [0, 0.05) is 18.7 Å². The summed E-state index contributed by atoms with van der Waals surface area (Å²) in [5.41, 5.74) is 1.37. The SMILES string of the molecule is CC(CCO)NC(=O)/C=C/c1cccc(C#N)c1. The molecule has 2 N–H and O–H groups in total. The highest BCUT2D eigenvalue weighted by Crippen LogP contribution is 2.05. The van der Waals surface area contributed by atoms with E-state index in [-0.39, 0.29) is 18.6 Å². The Morgan fingerprint density at radius 2 is 2.39 bits per heavy atom. The summed E-state index contributed by atoms with van der Waals surface area (Å²) in [5, 5.41) is 20.2. The first-order chi connectivity index (χ1) is 8.65. The summed E-state index contributed by atoms with van der Waals surface area (Å²) in [6.07, 6.45) is 3.61. The molecule has 0 saturated heterocycles. The lowest BCUT2D eigenvalue weighted by atomic mass is 10.1. The number of nitriles is 1. The van der Waals surface area contributed by atoms with Gasteiger partial charge in [-0.25, -0.2) is 0 Å². The molecule has 0 heterocycles. The van der Waals surface area contributed by atoms with E-state index in [9.17, 15) is 4.79 Å². The number of carbonyl (C=O) groups excluding carboxylic acids is 1. The molecular weight excluding hydrogens is 228 g/mol. The van der Waals surface area contributed by atoms with Crippen LogP contribution in [0.2, 0.25) is 0 Å². The minimum atomic E-state index is -0.210. The van der Waals surface area contributed by atoms with Gasteiger partial charge in [-0.3, -0.25) is 4.79 Å². The van der Waals surface area contributed by atoms with Gasteiger partial charge >= 0.3 is 0 Å². The fourth-order valence-electron chi connectivity index (χ4n) is 1.44. The van der Waals surface area contributed by atoms with Crippen LogP contribution in [0.1, 0.15) is 24.5 Å². The molecule has 0 fully saturated rings. The Morgan fingerprint density at radius 3 is 3.06 bits per heavy atom. The fraction of sp³-hybridized carbons (Fsp3) is 0.286. The highest BCUT2D eigenvalue weighted by Gasteiger charge is 2.03.